The highest BCUT2D eigenvalue weighted by Crippen LogP contribution is 2.05. The van der Waals surface area contributed by atoms with E-state index in [2.05, 4.69) is 6.92 Å². The molecule has 0 aliphatic carbocycles. The lowest BCUT2D eigenvalue weighted by Gasteiger charge is -1.96. The summed E-state index contributed by atoms with van der Waals surface area (Å²) in [7, 11) is 0. The highest BCUT2D eigenvalue weighted by Gasteiger charge is 1.91. The molecule has 2 heteroatoms. The summed E-state index contributed by atoms with van der Waals surface area (Å²) in [6.45, 7) is 2.18. The van der Waals surface area contributed by atoms with Crippen LogP contribution < -0.4 is 0 Å². The number of carbonyl (C=O) groups is 2. The molecule has 0 aliphatic heterocycles. The first-order chi connectivity index (χ1) is 6.35. The van der Waals surface area contributed by atoms with Gasteiger partial charge in [-0.2, -0.15) is 0 Å². The lowest BCUT2D eigenvalue weighted by Crippen LogP contribution is -1.85. The third-order valence-electron chi connectivity index (χ3n) is 1.96. The molecule has 0 aromatic rings. The quantitative estimate of drug-likeness (QED) is 0.190. The van der Waals surface area contributed by atoms with E-state index in [1.54, 1.807) is 6.08 Å². The van der Waals surface area contributed by atoms with Crippen LogP contribution in [0.15, 0.2) is 11.6 Å². The molecule has 0 rings (SSSR count). The Labute approximate surface area is 80.0 Å². The summed E-state index contributed by atoms with van der Waals surface area (Å²) in [5, 5.41) is 0. The van der Waals surface area contributed by atoms with E-state index in [9.17, 15) is 9.59 Å². The number of allylic oxidation sites excluding steroid dienone is 2. The monoisotopic (exact) mass is 182 g/mol. The van der Waals surface area contributed by atoms with Crippen LogP contribution in [0.4, 0.5) is 0 Å². The molecule has 0 aliphatic rings. The van der Waals surface area contributed by atoms with Crippen molar-refractivity contribution in [3.8, 4) is 0 Å². The van der Waals surface area contributed by atoms with Crippen molar-refractivity contribution in [1.29, 1.82) is 0 Å². The van der Waals surface area contributed by atoms with Crippen LogP contribution in [0.2, 0.25) is 0 Å². The molecule has 0 bridgehead atoms. The fraction of sp³-hybridized carbons (Fsp3) is 0.636. The first-order valence-electron chi connectivity index (χ1n) is 4.95. The SMILES string of the molecule is CCCCCCCC=C(C=O)C=O. The van der Waals surface area contributed by atoms with Gasteiger partial charge in [-0.3, -0.25) is 9.59 Å². The number of carbonyl (C=O) groups excluding carboxylic acids is 2. The van der Waals surface area contributed by atoms with Gasteiger partial charge in [0.25, 0.3) is 0 Å². The maximum atomic E-state index is 10.2. The molecule has 0 atom stereocenters. The van der Waals surface area contributed by atoms with Gasteiger partial charge in [-0.1, -0.05) is 38.7 Å². The lowest BCUT2D eigenvalue weighted by molar-refractivity contribution is -0.109. The molecule has 2 nitrogen and oxygen atoms in total. The third kappa shape index (κ3) is 7.44. The third-order valence-corrected chi connectivity index (χ3v) is 1.96. The molecule has 0 aromatic carbocycles. The molecule has 0 fully saturated rings. The molecule has 0 unspecified atom stereocenters. The normalized spacial score (nSPS) is 9.31. The van der Waals surface area contributed by atoms with Gasteiger partial charge in [0.05, 0.1) is 5.57 Å². The molecule has 0 amide bonds. The number of unbranched alkanes of at least 4 members (excludes halogenated alkanes) is 5. The van der Waals surface area contributed by atoms with Gasteiger partial charge in [0.2, 0.25) is 0 Å². The molecular weight excluding hydrogens is 164 g/mol. The van der Waals surface area contributed by atoms with E-state index in [0.29, 0.717) is 12.6 Å². The summed E-state index contributed by atoms with van der Waals surface area (Å²) >= 11 is 0. The first kappa shape index (κ1) is 12.1. The van der Waals surface area contributed by atoms with Crippen molar-refractivity contribution in [3.63, 3.8) is 0 Å². The van der Waals surface area contributed by atoms with Gasteiger partial charge in [-0.15, -0.1) is 0 Å². The van der Waals surface area contributed by atoms with Gasteiger partial charge in [-0.25, -0.2) is 0 Å². The zero-order chi connectivity index (χ0) is 9.94. The standard InChI is InChI=1S/C11H18O2/c1-2-3-4-5-6-7-8-11(9-12)10-13/h8-10H,2-7H2,1H3. The smallest absolute Gasteiger partial charge is 0.153 e. The zero-order valence-electron chi connectivity index (χ0n) is 8.29. The van der Waals surface area contributed by atoms with E-state index >= 15 is 0 Å². The Morgan fingerprint density at radius 2 is 1.62 bits per heavy atom. The molecule has 74 valence electrons. The summed E-state index contributed by atoms with van der Waals surface area (Å²) in [4.78, 5) is 20.4. The van der Waals surface area contributed by atoms with Crippen molar-refractivity contribution in [2.45, 2.75) is 45.4 Å². The van der Waals surface area contributed by atoms with Crippen LogP contribution in [0.25, 0.3) is 0 Å². The van der Waals surface area contributed by atoms with Crippen LogP contribution in [0, 0.1) is 0 Å². The summed E-state index contributed by atoms with van der Waals surface area (Å²) in [5.74, 6) is 0. The first-order valence-corrected chi connectivity index (χ1v) is 4.95. The van der Waals surface area contributed by atoms with E-state index in [4.69, 9.17) is 0 Å². The molecule has 13 heavy (non-hydrogen) atoms. The van der Waals surface area contributed by atoms with Crippen molar-refractivity contribution in [3.05, 3.63) is 11.6 Å². The van der Waals surface area contributed by atoms with Crippen molar-refractivity contribution in [2.75, 3.05) is 0 Å². The molecule has 0 saturated carbocycles. The Morgan fingerprint density at radius 3 is 2.15 bits per heavy atom. The number of hydrogen-bond donors (Lipinski definition) is 0. The van der Waals surface area contributed by atoms with Crippen LogP contribution in [0.5, 0.6) is 0 Å². The Balaban J connectivity index is 3.37. The number of aldehydes is 2. The summed E-state index contributed by atoms with van der Waals surface area (Å²) in [5.41, 5.74) is 0.274. The lowest BCUT2D eigenvalue weighted by atomic mass is 10.1. The van der Waals surface area contributed by atoms with Crippen molar-refractivity contribution in [1.82, 2.24) is 0 Å². The molecule has 0 saturated heterocycles. The van der Waals surface area contributed by atoms with E-state index in [-0.39, 0.29) is 5.57 Å². The van der Waals surface area contributed by atoms with E-state index < -0.39 is 0 Å². The summed E-state index contributed by atoms with van der Waals surface area (Å²) < 4.78 is 0. The topological polar surface area (TPSA) is 34.1 Å². The van der Waals surface area contributed by atoms with Gasteiger partial charge < -0.3 is 0 Å². The summed E-state index contributed by atoms with van der Waals surface area (Å²) in [6.07, 6.45) is 9.81. The van der Waals surface area contributed by atoms with Crippen LogP contribution in [-0.4, -0.2) is 12.6 Å². The second-order valence-electron chi connectivity index (χ2n) is 3.14. The largest absolute Gasteiger partial charge is 0.298 e. The molecule has 0 spiro atoms. The minimum Gasteiger partial charge on any atom is -0.298 e. The molecular formula is C11H18O2. The molecule has 0 heterocycles. The van der Waals surface area contributed by atoms with E-state index in [1.807, 2.05) is 0 Å². The molecule has 0 radical (unpaired) electrons. The van der Waals surface area contributed by atoms with Crippen LogP contribution in [0.3, 0.4) is 0 Å². The van der Waals surface area contributed by atoms with Crippen molar-refractivity contribution in [2.24, 2.45) is 0 Å². The van der Waals surface area contributed by atoms with Gasteiger partial charge in [-0.05, 0) is 12.8 Å². The maximum absolute atomic E-state index is 10.2. The predicted molar refractivity (Wildman–Crippen MR) is 53.6 cm³/mol. The van der Waals surface area contributed by atoms with Crippen LogP contribution in [-0.2, 0) is 9.59 Å². The fourth-order valence-corrected chi connectivity index (χ4v) is 1.14. The Morgan fingerprint density at radius 1 is 1.00 bits per heavy atom. The minimum atomic E-state index is 0.274. The number of hydrogen-bond acceptors (Lipinski definition) is 2. The average molecular weight is 182 g/mol. The van der Waals surface area contributed by atoms with E-state index in [0.717, 1.165) is 12.8 Å². The average Bonchev–Trinajstić information content (AvgIpc) is 2.17. The van der Waals surface area contributed by atoms with Gasteiger partial charge in [0.1, 0.15) is 0 Å². The number of rotatable bonds is 8. The summed E-state index contributed by atoms with van der Waals surface area (Å²) in [6, 6.07) is 0. The van der Waals surface area contributed by atoms with Crippen molar-refractivity contribution < 1.29 is 9.59 Å². The van der Waals surface area contributed by atoms with Crippen LogP contribution in [0.1, 0.15) is 45.4 Å². The van der Waals surface area contributed by atoms with Crippen LogP contribution >= 0.6 is 0 Å². The van der Waals surface area contributed by atoms with E-state index in [1.165, 1.54) is 25.7 Å². The van der Waals surface area contributed by atoms with Crippen molar-refractivity contribution >= 4 is 12.6 Å². The Kier molecular flexibility index (Phi) is 8.52. The highest BCUT2D eigenvalue weighted by molar-refractivity contribution is 5.99. The fourth-order valence-electron chi connectivity index (χ4n) is 1.14. The second kappa shape index (κ2) is 9.17. The molecule has 0 N–H and O–H groups in total. The maximum Gasteiger partial charge on any atom is 0.153 e. The predicted octanol–water partition coefficient (Wildman–Crippen LogP) is 2.67. The molecule has 0 aromatic heterocycles. The van der Waals surface area contributed by atoms with Gasteiger partial charge in [0.15, 0.2) is 12.6 Å². The van der Waals surface area contributed by atoms with Gasteiger partial charge >= 0.3 is 0 Å². The second-order valence-corrected chi connectivity index (χ2v) is 3.14. The minimum absolute atomic E-state index is 0.274. The highest BCUT2D eigenvalue weighted by atomic mass is 16.1. The Bertz CT molecular complexity index is 161. The zero-order valence-corrected chi connectivity index (χ0v) is 8.29. The van der Waals surface area contributed by atoms with Gasteiger partial charge in [0, 0.05) is 0 Å². The Hall–Kier alpha value is -0.920.